The van der Waals surface area contributed by atoms with Gasteiger partial charge in [0.2, 0.25) is 0 Å². The number of unbranched alkanes of at least 4 members (excludes halogenated alkanes) is 2. The average molecular weight is 202 g/mol. The summed E-state index contributed by atoms with van der Waals surface area (Å²) in [6, 6.07) is -0.171. The summed E-state index contributed by atoms with van der Waals surface area (Å²) in [7, 11) is 0. The Balaban J connectivity index is 3.63. The highest BCUT2D eigenvalue weighted by Crippen LogP contribution is 1.96. The Labute approximate surface area is 86.2 Å². The van der Waals surface area contributed by atoms with Gasteiger partial charge in [-0.05, 0) is 20.3 Å². The molecule has 4 nitrogen and oxygen atoms in total. The van der Waals surface area contributed by atoms with Crippen molar-refractivity contribution in [1.82, 2.24) is 10.6 Å². The van der Waals surface area contributed by atoms with E-state index in [0.717, 1.165) is 24.4 Å². The number of allylic oxidation sites excluding steroid dienone is 1. The fraction of sp³-hybridized carbons (Fsp3) is 0.800. The minimum Gasteiger partial charge on any atom is -0.392 e. The lowest BCUT2D eigenvalue weighted by atomic mass is 10.2. The van der Waals surface area contributed by atoms with Gasteiger partial charge in [-0.3, -0.25) is 5.21 Å². The molecule has 3 N–H and O–H groups in total. The molecule has 0 fully saturated rings. The molecule has 84 valence electrons. The van der Waals surface area contributed by atoms with Crippen molar-refractivity contribution < 1.29 is 10.3 Å². The molecule has 0 saturated heterocycles. The lowest BCUT2D eigenvalue weighted by Gasteiger charge is -2.21. The monoisotopic (exact) mass is 202 g/mol. The summed E-state index contributed by atoms with van der Waals surface area (Å²) >= 11 is 0. The van der Waals surface area contributed by atoms with Gasteiger partial charge in [0.15, 0.2) is 0 Å². The Bertz CT molecular complexity index is 160. The van der Waals surface area contributed by atoms with E-state index in [2.05, 4.69) is 12.3 Å². The SMILES string of the molecule is CCCCC=CN(O)NC(C)C(C)O. The van der Waals surface area contributed by atoms with Crippen LogP contribution in [-0.4, -0.2) is 27.6 Å². The summed E-state index contributed by atoms with van der Waals surface area (Å²) in [6.07, 6.45) is 6.19. The molecule has 0 aliphatic heterocycles. The van der Waals surface area contributed by atoms with E-state index in [-0.39, 0.29) is 6.04 Å². The van der Waals surface area contributed by atoms with Crippen LogP contribution in [0.3, 0.4) is 0 Å². The first-order valence-electron chi connectivity index (χ1n) is 5.17. The summed E-state index contributed by atoms with van der Waals surface area (Å²) in [4.78, 5) is 0. The number of rotatable bonds is 7. The predicted octanol–water partition coefficient (Wildman–Crippen LogP) is 1.66. The lowest BCUT2D eigenvalue weighted by Crippen LogP contribution is -2.43. The number of aliphatic hydroxyl groups excluding tert-OH is 1. The Hall–Kier alpha value is -0.580. The third kappa shape index (κ3) is 6.88. The third-order valence-corrected chi connectivity index (χ3v) is 2.03. The van der Waals surface area contributed by atoms with E-state index < -0.39 is 6.10 Å². The Kier molecular flexibility index (Phi) is 7.47. The van der Waals surface area contributed by atoms with Gasteiger partial charge in [0.1, 0.15) is 0 Å². The Morgan fingerprint density at radius 2 is 2.07 bits per heavy atom. The van der Waals surface area contributed by atoms with Gasteiger partial charge < -0.3 is 5.11 Å². The zero-order chi connectivity index (χ0) is 11.0. The van der Waals surface area contributed by atoms with Gasteiger partial charge in [-0.2, -0.15) is 5.17 Å². The van der Waals surface area contributed by atoms with Gasteiger partial charge in [0.25, 0.3) is 0 Å². The number of hydrogen-bond acceptors (Lipinski definition) is 4. The molecular formula is C10H22N2O2. The summed E-state index contributed by atoms with van der Waals surface area (Å²) in [5.41, 5.74) is 2.71. The standard InChI is InChI=1S/C10H22N2O2/c1-4-5-6-7-8-12(14)11-9(2)10(3)13/h7-11,13-14H,4-6H2,1-3H3. The zero-order valence-electron chi connectivity index (χ0n) is 9.27. The molecule has 0 radical (unpaired) electrons. The van der Waals surface area contributed by atoms with E-state index in [1.165, 1.54) is 0 Å². The maximum Gasteiger partial charge on any atom is 0.0681 e. The summed E-state index contributed by atoms with van der Waals surface area (Å²) in [6.45, 7) is 5.60. The number of nitrogens with zero attached hydrogens (tertiary/aromatic N) is 1. The normalized spacial score (nSPS) is 15.8. The van der Waals surface area contributed by atoms with Crippen molar-refractivity contribution in [3.63, 3.8) is 0 Å². The second-order valence-electron chi connectivity index (χ2n) is 3.53. The van der Waals surface area contributed by atoms with E-state index in [1.807, 2.05) is 6.08 Å². The van der Waals surface area contributed by atoms with Gasteiger partial charge in [0.05, 0.1) is 12.1 Å². The highest BCUT2D eigenvalue weighted by Gasteiger charge is 2.08. The summed E-state index contributed by atoms with van der Waals surface area (Å²) in [5.74, 6) is 0. The average Bonchev–Trinajstić information content (AvgIpc) is 2.12. The molecule has 2 unspecified atom stereocenters. The molecular weight excluding hydrogens is 180 g/mol. The predicted molar refractivity (Wildman–Crippen MR) is 56.6 cm³/mol. The number of hydroxylamine groups is 1. The van der Waals surface area contributed by atoms with Crippen LogP contribution >= 0.6 is 0 Å². The minimum absolute atomic E-state index is 0.171. The molecule has 14 heavy (non-hydrogen) atoms. The van der Waals surface area contributed by atoms with Crippen LogP contribution in [-0.2, 0) is 0 Å². The summed E-state index contributed by atoms with van der Waals surface area (Å²) in [5, 5.41) is 19.3. The van der Waals surface area contributed by atoms with Crippen LogP contribution in [0.2, 0.25) is 0 Å². The first-order valence-corrected chi connectivity index (χ1v) is 5.17. The fourth-order valence-electron chi connectivity index (χ4n) is 0.856. The van der Waals surface area contributed by atoms with Crippen molar-refractivity contribution in [3.05, 3.63) is 12.3 Å². The molecule has 0 bridgehead atoms. The molecule has 0 saturated carbocycles. The molecule has 4 heteroatoms. The van der Waals surface area contributed by atoms with E-state index in [1.54, 1.807) is 20.0 Å². The van der Waals surface area contributed by atoms with Crippen molar-refractivity contribution in [3.8, 4) is 0 Å². The molecule has 0 spiro atoms. The van der Waals surface area contributed by atoms with Crippen molar-refractivity contribution >= 4 is 0 Å². The van der Waals surface area contributed by atoms with Crippen LogP contribution < -0.4 is 5.43 Å². The second-order valence-corrected chi connectivity index (χ2v) is 3.53. The topological polar surface area (TPSA) is 55.7 Å². The highest BCUT2D eigenvalue weighted by atomic mass is 16.5. The van der Waals surface area contributed by atoms with Gasteiger partial charge in [0, 0.05) is 6.20 Å². The van der Waals surface area contributed by atoms with Gasteiger partial charge in [-0.25, -0.2) is 5.43 Å². The van der Waals surface area contributed by atoms with Gasteiger partial charge >= 0.3 is 0 Å². The highest BCUT2D eigenvalue weighted by molar-refractivity contribution is 4.78. The number of hydrazine groups is 1. The van der Waals surface area contributed by atoms with Crippen molar-refractivity contribution in [2.24, 2.45) is 0 Å². The van der Waals surface area contributed by atoms with Crippen LogP contribution in [0.4, 0.5) is 0 Å². The molecule has 0 rings (SSSR count). The van der Waals surface area contributed by atoms with Crippen LogP contribution in [0.1, 0.15) is 40.0 Å². The third-order valence-electron chi connectivity index (χ3n) is 2.03. The van der Waals surface area contributed by atoms with Crippen LogP contribution in [0.25, 0.3) is 0 Å². The quantitative estimate of drug-likeness (QED) is 0.434. The molecule has 0 aromatic carbocycles. The van der Waals surface area contributed by atoms with E-state index in [0.29, 0.717) is 0 Å². The minimum atomic E-state index is -0.492. The maximum atomic E-state index is 9.29. The molecule has 0 aliphatic carbocycles. The second kappa shape index (κ2) is 7.79. The van der Waals surface area contributed by atoms with E-state index in [4.69, 9.17) is 5.11 Å². The molecule has 0 aromatic rings. The van der Waals surface area contributed by atoms with E-state index >= 15 is 0 Å². The smallest absolute Gasteiger partial charge is 0.0681 e. The number of hydrogen-bond donors (Lipinski definition) is 3. The molecule has 0 heterocycles. The number of nitrogens with one attached hydrogen (secondary N) is 1. The number of aliphatic hydroxyl groups is 1. The molecule has 0 aliphatic rings. The van der Waals surface area contributed by atoms with Crippen LogP contribution in [0.5, 0.6) is 0 Å². The Morgan fingerprint density at radius 1 is 1.43 bits per heavy atom. The van der Waals surface area contributed by atoms with Crippen molar-refractivity contribution in [1.29, 1.82) is 0 Å². The lowest BCUT2D eigenvalue weighted by molar-refractivity contribution is -0.108. The fourth-order valence-corrected chi connectivity index (χ4v) is 0.856. The Morgan fingerprint density at radius 3 is 2.57 bits per heavy atom. The van der Waals surface area contributed by atoms with Crippen molar-refractivity contribution in [2.75, 3.05) is 0 Å². The molecule has 0 aromatic heterocycles. The first-order chi connectivity index (χ1) is 6.57. The van der Waals surface area contributed by atoms with Crippen molar-refractivity contribution in [2.45, 2.75) is 52.2 Å². The first kappa shape index (κ1) is 13.4. The molecule has 0 amide bonds. The summed E-state index contributed by atoms with van der Waals surface area (Å²) < 4.78 is 0. The van der Waals surface area contributed by atoms with Gasteiger partial charge in [-0.15, -0.1) is 0 Å². The van der Waals surface area contributed by atoms with Crippen LogP contribution in [0, 0.1) is 0 Å². The van der Waals surface area contributed by atoms with Gasteiger partial charge in [-0.1, -0.05) is 25.8 Å². The zero-order valence-corrected chi connectivity index (χ0v) is 9.27. The van der Waals surface area contributed by atoms with Crippen LogP contribution in [0.15, 0.2) is 12.3 Å². The molecule has 2 atom stereocenters. The largest absolute Gasteiger partial charge is 0.392 e. The maximum absolute atomic E-state index is 9.29. The van der Waals surface area contributed by atoms with E-state index in [9.17, 15) is 5.21 Å².